The monoisotopic (exact) mass is 677 g/mol. The highest BCUT2D eigenvalue weighted by Gasteiger charge is 2.57. The fraction of sp³-hybridized carbons (Fsp3) is 0.583. The average molecular weight is 678 g/mol. The summed E-state index contributed by atoms with van der Waals surface area (Å²) in [7, 11) is 0. The quantitative estimate of drug-likeness (QED) is 0.114. The molecule has 3 aliphatic heterocycles. The number of nitrogens with zero attached hydrogens (tertiary/aromatic N) is 1. The van der Waals surface area contributed by atoms with Gasteiger partial charge in [0.05, 0.1) is 31.8 Å². The Hall–Kier alpha value is -3.64. The summed E-state index contributed by atoms with van der Waals surface area (Å²) < 4.78 is 56.5. The number of carboxylic acids is 1. The van der Waals surface area contributed by atoms with Gasteiger partial charge in [-0.25, -0.2) is 9.59 Å². The van der Waals surface area contributed by atoms with Crippen molar-refractivity contribution in [3.8, 4) is 0 Å². The first kappa shape index (κ1) is 37.2. The third-order valence-corrected chi connectivity index (χ3v) is 9.73. The van der Waals surface area contributed by atoms with Crippen LogP contribution in [0.4, 0.5) is 18.0 Å². The lowest BCUT2D eigenvalue weighted by molar-refractivity contribution is -0.956. The fourth-order valence-corrected chi connectivity index (χ4v) is 7.60. The highest BCUT2D eigenvalue weighted by molar-refractivity contribution is 5.86. The first-order chi connectivity index (χ1) is 22.9. The Balaban J connectivity index is 0.000000671. The zero-order valence-corrected chi connectivity index (χ0v) is 27.6. The largest absolute Gasteiger partial charge is 0.542 e. The zero-order valence-electron chi connectivity index (χ0n) is 27.6. The summed E-state index contributed by atoms with van der Waals surface area (Å²) in [6, 6.07) is 19.9. The maximum atomic E-state index is 14.5. The lowest BCUT2D eigenvalue weighted by Gasteiger charge is -2.47. The molecule has 3 unspecified atom stereocenters. The lowest BCUT2D eigenvalue weighted by Crippen LogP contribution is -2.60. The Bertz CT molecular complexity index is 1280. The van der Waals surface area contributed by atoms with Crippen LogP contribution in [0.3, 0.4) is 0 Å². The molecule has 9 nitrogen and oxygen atoms in total. The molecule has 2 aromatic rings. The molecule has 12 heteroatoms. The van der Waals surface area contributed by atoms with E-state index >= 15 is 0 Å². The van der Waals surface area contributed by atoms with E-state index in [4.69, 9.17) is 28.8 Å². The van der Waals surface area contributed by atoms with Crippen LogP contribution in [0.15, 0.2) is 60.7 Å². The number of ether oxygens (including phenoxy) is 4. The van der Waals surface area contributed by atoms with Gasteiger partial charge in [-0.1, -0.05) is 86.8 Å². The van der Waals surface area contributed by atoms with Crippen LogP contribution in [0.1, 0.15) is 89.2 Å². The number of hydrogen-bond acceptors (Lipinski definition) is 8. The number of halogens is 3. The first-order valence-corrected chi connectivity index (χ1v) is 16.9. The Morgan fingerprint density at radius 2 is 1.40 bits per heavy atom. The van der Waals surface area contributed by atoms with Crippen LogP contribution in [0.2, 0.25) is 0 Å². The van der Waals surface area contributed by atoms with E-state index in [-0.39, 0.29) is 6.10 Å². The van der Waals surface area contributed by atoms with Gasteiger partial charge in [-0.3, -0.25) is 0 Å². The van der Waals surface area contributed by atoms with E-state index in [9.17, 15) is 22.8 Å². The van der Waals surface area contributed by atoms with Gasteiger partial charge in [0.1, 0.15) is 12.1 Å². The zero-order chi connectivity index (χ0) is 34.8. The lowest BCUT2D eigenvalue weighted by atomic mass is 9.85. The predicted octanol–water partition coefficient (Wildman–Crippen LogP) is 6.17. The molecule has 0 aliphatic carbocycles. The van der Waals surface area contributed by atoms with Crippen molar-refractivity contribution < 1.29 is 56.1 Å². The number of unbranched alkanes of at least 4 members (excludes halogenated alkanes) is 3. The van der Waals surface area contributed by atoms with Crippen LogP contribution in [0.25, 0.3) is 0 Å². The molecule has 3 heterocycles. The van der Waals surface area contributed by atoms with Crippen LogP contribution in [-0.2, 0) is 34.1 Å². The number of hydrogen-bond donors (Lipinski definition) is 0. The summed E-state index contributed by atoms with van der Waals surface area (Å²) in [5.41, 5.74) is -0.359. The molecule has 2 bridgehead atoms. The number of piperidine rings is 1. The van der Waals surface area contributed by atoms with Crippen molar-refractivity contribution in [1.29, 1.82) is 0 Å². The number of carbonyl (C=O) groups excluding carboxylic acids is 3. The average Bonchev–Trinajstić information content (AvgIpc) is 3.60. The molecule has 0 aromatic heterocycles. The van der Waals surface area contributed by atoms with Gasteiger partial charge in [0.25, 0.3) is 0 Å². The van der Waals surface area contributed by atoms with Crippen molar-refractivity contribution in [2.45, 2.75) is 114 Å². The van der Waals surface area contributed by atoms with Gasteiger partial charge in [0.2, 0.25) is 11.9 Å². The van der Waals surface area contributed by atoms with Gasteiger partial charge in [0.15, 0.2) is 0 Å². The van der Waals surface area contributed by atoms with E-state index in [0.717, 1.165) is 38.5 Å². The van der Waals surface area contributed by atoms with Gasteiger partial charge in [0, 0.05) is 38.5 Å². The number of benzene rings is 2. The van der Waals surface area contributed by atoms with Crippen molar-refractivity contribution in [1.82, 2.24) is 0 Å². The Kier molecular flexibility index (Phi) is 12.9. The Morgan fingerprint density at radius 1 is 0.875 bits per heavy atom. The SMILES string of the molecule is CCCCCCOC(=O)OC(C)OC(C(=O)OC1CC2CCC(C1)[N+]21CCCC1)(c1ccccc1)c1ccccc1.O=C([O-])C(F)(F)F. The van der Waals surface area contributed by atoms with E-state index in [1.165, 1.54) is 43.3 Å². The fourth-order valence-electron chi connectivity index (χ4n) is 7.60. The van der Waals surface area contributed by atoms with Crippen LogP contribution in [0, 0.1) is 0 Å². The second kappa shape index (κ2) is 16.6. The second-order valence-corrected chi connectivity index (χ2v) is 12.8. The highest BCUT2D eigenvalue weighted by atomic mass is 19.4. The number of alkyl halides is 3. The van der Waals surface area contributed by atoms with Gasteiger partial charge in [-0.2, -0.15) is 13.2 Å². The minimum atomic E-state index is -5.19. The van der Waals surface area contributed by atoms with Crippen molar-refractivity contribution in [2.24, 2.45) is 0 Å². The Morgan fingerprint density at radius 3 is 1.88 bits per heavy atom. The van der Waals surface area contributed by atoms with Gasteiger partial charge in [-0.05, 0) is 24.5 Å². The number of carboxylic acid groups (broad SMARTS) is 1. The smallest absolute Gasteiger partial charge is 0.510 e. The molecule has 0 saturated carbocycles. The number of carbonyl (C=O) groups is 3. The number of esters is 1. The van der Waals surface area contributed by atoms with Crippen molar-refractivity contribution in [3.63, 3.8) is 0 Å². The minimum Gasteiger partial charge on any atom is -0.542 e. The molecule has 3 fully saturated rings. The maximum Gasteiger partial charge on any atom is 0.510 e. The van der Waals surface area contributed by atoms with E-state index in [0.29, 0.717) is 29.8 Å². The van der Waals surface area contributed by atoms with E-state index in [1.54, 1.807) is 6.92 Å². The molecule has 48 heavy (non-hydrogen) atoms. The molecule has 3 atom stereocenters. The number of quaternary nitrogens is 1. The van der Waals surface area contributed by atoms with Gasteiger partial charge < -0.3 is 33.3 Å². The molecule has 5 rings (SSSR count). The highest BCUT2D eigenvalue weighted by Crippen LogP contribution is 2.47. The minimum absolute atomic E-state index is 0.163. The third kappa shape index (κ3) is 8.87. The summed E-state index contributed by atoms with van der Waals surface area (Å²) in [6.07, 6.45) is 3.56. The predicted molar refractivity (Wildman–Crippen MR) is 167 cm³/mol. The number of aliphatic carboxylic acids is 1. The first-order valence-electron chi connectivity index (χ1n) is 16.9. The molecule has 2 aromatic carbocycles. The maximum absolute atomic E-state index is 14.5. The molecule has 3 saturated heterocycles. The van der Waals surface area contributed by atoms with Crippen molar-refractivity contribution in [3.05, 3.63) is 71.8 Å². The number of rotatable bonds is 12. The van der Waals surface area contributed by atoms with E-state index in [2.05, 4.69) is 6.92 Å². The standard InChI is InChI=1S/C34H46NO6.C2HF3O2/c1-3-4-5-14-23-38-33(37)39-26(2)41-34(27-15-8-6-9-16-27,28-17-10-7-11-18-28)32(36)40-31-24-29-19-20-30(25-31)35(29)21-12-13-22-35;3-2(4,5)1(6)7/h6-11,15-18,26,29-31H,3-5,12-14,19-25H2,1-2H3;(H,6,7)/q+1;/p-1. The topological polar surface area (TPSA) is 111 Å². The third-order valence-electron chi connectivity index (χ3n) is 9.73. The molecule has 0 amide bonds. The normalized spacial score (nSPS) is 21.9. The molecule has 1 spiro atoms. The van der Waals surface area contributed by atoms with Gasteiger partial charge >= 0.3 is 18.3 Å². The summed E-state index contributed by atoms with van der Waals surface area (Å²) in [5.74, 6) is -3.48. The second-order valence-electron chi connectivity index (χ2n) is 12.8. The van der Waals surface area contributed by atoms with Crippen LogP contribution in [-0.4, -0.2) is 72.9 Å². The molecular formula is C36H46F3NO8. The van der Waals surface area contributed by atoms with E-state index in [1.807, 2.05) is 60.7 Å². The molecule has 0 N–H and O–H groups in total. The molecule has 264 valence electrons. The van der Waals surface area contributed by atoms with Crippen LogP contribution < -0.4 is 5.11 Å². The summed E-state index contributed by atoms with van der Waals surface area (Å²) in [4.78, 5) is 35.7. The summed E-state index contributed by atoms with van der Waals surface area (Å²) in [5, 5.41) is 8.78. The van der Waals surface area contributed by atoms with Crippen molar-refractivity contribution >= 4 is 18.1 Å². The van der Waals surface area contributed by atoms with E-state index < -0.39 is 36.2 Å². The Labute approximate surface area is 279 Å². The molecule has 3 aliphatic rings. The molecular weight excluding hydrogens is 631 g/mol. The van der Waals surface area contributed by atoms with Crippen LogP contribution >= 0.6 is 0 Å². The summed E-state index contributed by atoms with van der Waals surface area (Å²) >= 11 is 0. The van der Waals surface area contributed by atoms with Gasteiger partial charge in [-0.15, -0.1) is 0 Å². The molecule has 0 radical (unpaired) electrons. The van der Waals surface area contributed by atoms with Crippen LogP contribution in [0.5, 0.6) is 0 Å². The summed E-state index contributed by atoms with van der Waals surface area (Å²) in [6.45, 7) is 6.57. The van der Waals surface area contributed by atoms with Crippen molar-refractivity contribution in [2.75, 3.05) is 19.7 Å².